The zero-order valence-electron chi connectivity index (χ0n) is 21.7. The fourth-order valence-electron chi connectivity index (χ4n) is 6.19. The predicted molar refractivity (Wildman–Crippen MR) is 160 cm³/mol. The summed E-state index contributed by atoms with van der Waals surface area (Å²) in [5.74, 6) is 0. The molecule has 0 heterocycles. The monoisotopic (exact) mass is 487 g/mol. The lowest BCUT2D eigenvalue weighted by Crippen LogP contribution is -2.28. The van der Waals surface area contributed by atoms with E-state index in [1.54, 1.807) is 0 Å². The molecule has 7 rings (SSSR count). The van der Waals surface area contributed by atoms with Gasteiger partial charge in [0.15, 0.2) is 0 Å². The first-order valence-electron chi connectivity index (χ1n) is 13.3. The molecule has 0 saturated carbocycles. The summed E-state index contributed by atoms with van der Waals surface area (Å²) >= 11 is 0. The highest BCUT2D eigenvalue weighted by Gasteiger charge is 2.46. The van der Waals surface area contributed by atoms with Gasteiger partial charge in [-0.15, -0.1) is 0 Å². The van der Waals surface area contributed by atoms with Gasteiger partial charge in [-0.2, -0.15) is 0 Å². The summed E-state index contributed by atoms with van der Waals surface area (Å²) in [6, 6.07) is 49.1. The van der Waals surface area contributed by atoms with Crippen LogP contribution in [-0.2, 0) is 5.41 Å². The van der Waals surface area contributed by atoms with Gasteiger partial charge in [-0.3, -0.25) is 0 Å². The van der Waals surface area contributed by atoms with Crippen LogP contribution >= 0.6 is 0 Å². The molecule has 0 atom stereocenters. The molecular formula is C37H29N. The number of nitrogens with one attached hydrogen (secondary N) is 1. The molecule has 6 aromatic rings. The fourth-order valence-corrected chi connectivity index (χ4v) is 6.19. The quantitative estimate of drug-likeness (QED) is 0.261. The Morgan fingerprint density at radius 1 is 0.447 bits per heavy atom. The Hall–Kier alpha value is -4.62. The van der Waals surface area contributed by atoms with Gasteiger partial charge in [-0.25, -0.2) is 0 Å². The lowest BCUT2D eigenvalue weighted by molar-refractivity contribution is 0.767. The van der Waals surface area contributed by atoms with Crippen molar-refractivity contribution >= 4 is 22.1 Å². The van der Waals surface area contributed by atoms with Crippen LogP contribution in [-0.4, -0.2) is 0 Å². The van der Waals surface area contributed by atoms with Gasteiger partial charge in [0, 0.05) is 11.4 Å². The maximum atomic E-state index is 3.68. The van der Waals surface area contributed by atoms with E-state index in [9.17, 15) is 0 Å². The van der Waals surface area contributed by atoms with E-state index in [0.29, 0.717) is 0 Å². The highest BCUT2D eigenvalue weighted by atomic mass is 14.9. The first-order valence-corrected chi connectivity index (χ1v) is 13.3. The molecule has 1 aliphatic carbocycles. The number of rotatable bonds is 4. The molecule has 0 saturated heterocycles. The highest BCUT2D eigenvalue weighted by Crippen LogP contribution is 2.56. The van der Waals surface area contributed by atoms with Gasteiger partial charge in [0.1, 0.15) is 0 Å². The number of anilines is 2. The van der Waals surface area contributed by atoms with Gasteiger partial charge in [-0.1, -0.05) is 120 Å². The molecule has 1 heteroatoms. The summed E-state index contributed by atoms with van der Waals surface area (Å²) in [7, 11) is 0. The second-order valence-electron chi connectivity index (χ2n) is 10.5. The number of hydrogen-bond acceptors (Lipinski definition) is 1. The third-order valence-electron chi connectivity index (χ3n) is 8.05. The Kier molecular flexibility index (Phi) is 5.19. The van der Waals surface area contributed by atoms with Crippen molar-refractivity contribution in [2.24, 2.45) is 0 Å². The highest BCUT2D eigenvalue weighted by molar-refractivity contribution is 5.90. The van der Waals surface area contributed by atoms with E-state index < -0.39 is 0 Å². The molecule has 0 unspecified atom stereocenters. The minimum Gasteiger partial charge on any atom is -0.355 e. The Morgan fingerprint density at radius 2 is 1.00 bits per heavy atom. The molecule has 182 valence electrons. The predicted octanol–water partition coefficient (Wildman–Crippen LogP) is 9.56. The number of fused-ring (bicyclic) bond motifs is 4. The number of benzene rings is 6. The molecule has 1 N–H and O–H groups in total. The zero-order valence-corrected chi connectivity index (χ0v) is 21.7. The van der Waals surface area contributed by atoms with Crippen molar-refractivity contribution in [2.45, 2.75) is 19.3 Å². The molecule has 0 aromatic heterocycles. The molecule has 0 bridgehead atoms. The first-order chi connectivity index (χ1) is 18.6. The molecule has 1 aliphatic rings. The summed E-state index contributed by atoms with van der Waals surface area (Å²) < 4.78 is 0. The Labute approximate surface area is 224 Å². The van der Waals surface area contributed by atoms with E-state index in [4.69, 9.17) is 0 Å². The van der Waals surface area contributed by atoms with Crippen LogP contribution in [0.3, 0.4) is 0 Å². The molecule has 0 aliphatic heterocycles. The average molecular weight is 488 g/mol. The van der Waals surface area contributed by atoms with E-state index in [1.165, 1.54) is 55.3 Å². The van der Waals surface area contributed by atoms with Crippen LogP contribution in [0.5, 0.6) is 0 Å². The van der Waals surface area contributed by atoms with Crippen molar-refractivity contribution in [2.75, 3.05) is 5.32 Å². The van der Waals surface area contributed by atoms with Crippen molar-refractivity contribution in [3.05, 3.63) is 167 Å². The molecule has 6 aromatic carbocycles. The van der Waals surface area contributed by atoms with Crippen LogP contribution in [0.25, 0.3) is 21.9 Å². The maximum Gasteiger partial charge on any atom is 0.0713 e. The lowest BCUT2D eigenvalue weighted by Gasteiger charge is -2.34. The van der Waals surface area contributed by atoms with Gasteiger partial charge in [0.2, 0.25) is 0 Å². The van der Waals surface area contributed by atoms with Gasteiger partial charge < -0.3 is 5.32 Å². The SMILES string of the molecule is Cc1ccc(C2(c3ccc(C)cc3)c3ccccc3-c3cc(Nc4ccc5ccccc5c4)ccc32)cc1. The number of aryl methyl sites for hydroxylation is 2. The molecule has 38 heavy (non-hydrogen) atoms. The fraction of sp³-hybridized carbons (Fsp3) is 0.0811. The normalized spacial score (nSPS) is 13.2. The lowest BCUT2D eigenvalue weighted by atomic mass is 9.67. The zero-order chi connectivity index (χ0) is 25.7. The van der Waals surface area contributed by atoms with Crippen molar-refractivity contribution in [3.63, 3.8) is 0 Å². The Bertz CT molecular complexity index is 1750. The van der Waals surface area contributed by atoms with Crippen LogP contribution in [0.1, 0.15) is 33.4 Å². The molecule has 0 radical (unpaired) electrons. The van der Waals surface area contributed by atoms with Crippen LogP contribution in [0.4, 0.5) is 11.4 Å². The van der Waals surface area contributed by atoms with Crippen molar-refractivity contribution in [1.29, 1.82) is 0 Å². The summed E-state index contributed by atoms with van der Waals surface area (Å²) in [5, 5.41) is 6.17. The average Bonchev–Trinajstić information content (AvgIpc) is 3.24. The molecular weight excluding hydrogens is 458 g/mol. The summed E-state index contributed by atoms with van der Waals surface area (Å²) in [6.45, 7) is 4.31. The van der Waals surface area contributed by atoms with Crippen molar-refractivity contribution in [3.8, 4) is 11.1 Å². The van der Waals surface area contributed by atoms with Gasteiger partial charge in [0.05, 0.1) is 5.41 Å². The summed E-state index contributed by atoms with van der Waals surface area (Å²) in [6.07, 6.45) is 0. The van der Waals surface area contributed by atoms with Crippen LogP contribution in [0, 0.1) is 13.8 Å². The number of hydrogen-bond donors (Lipinski definition) is 1. The molecule has 0 amide bonds. The maximum absolute atomic E-state index is 3.68. The Balaban J connectivity index is 1.43. The van der Waals surface area contributed by atoms with Gasteiger partial charge in [-0.05, 0) is 82.3 Å². The Morgan fingerprint density at radius 3 is 1.71 bits per heavy atom. The van der Waals surface area contributed by atoms with Crippen molar-refractivity contribution < 1.29 is 0 Å². The van der Waals surface area contributed by atoms with Crippen LogP contribution < -0.4 is 5.32 Å². The van der Waals surface area contributed by atoms with Gasteiger partial charge >= 0.3 is 0 Å². The molecule has 1 nitrogen and oxygen atoms in total. The van der Waals surface area contributed by atoms with Crippen molar-refractivity contribution in [1.82, 2.24) is 0 Å². The summed E-state index contributed by atoms with van der Waals surface area (Å²) in [5.41, 5.74) is 12.2. The third-order valence-corrected chi connectivity index (χ3v) is 8.05. The second kappa shape index (κ2) is 8.75. The minimum atomic E-state index is -0.366. The summed E-state index contributed by atoms with van der Waals surface area (Å²) in [4.78, 5) is 0. The largest absolute Gasteiger partial charge is 0.355 e. The van der Waals surface area contributed by atoms with E-state index >= 15 is 0 Å². The van der Waals surface area contributed by atoms with E-state index in [0.717, 1.165) is 11.4 Å². The standard InChI is InChI=1S/C37H29N/c1-25-11-16-29(17-12-25)37(30-18-13-26(2)14-19-30)35-10-6-5-9-33(35)34-24-32(21-22-36(34)37)38-31-20-15-27-7-3-4-8-28(27)23-31/h3-24,38H,1-2H3. The van der Waals surface area contributed by atoms with E-state index in [1.807, 2.05) is 0 Å². The van der Waals surface area contributed by atoms with Crippen LogP contribution in [0.15, 0.2) is 133 Å². The smallest absolute Gasteiger partial charge is 0.0713 e. The molecule has 0 spiro atoms. The van der Waals surface area contributed by atoms with E-state index in [-0.39, 0.29) is 5.41 Å². The minimum absolute atomic E-state index is 0.366. The van der Waals surface area contributed by atoms with Crippen LogP contribution in [0.2, 0.25) is 0 Å². The topological polar surface area (TPSA) is 12.0 Å². The molecule has 0 fully saturated rings. The first kappa shape index (κ1) is 22.6. The van der Waals surface area contributed by atoms with Gasteiger partial charge in [0.25, 0.3) is 0 Å². The van der Waals surface area contributed by atoms with E-state index in [2.05, 4.69) is 153 Å². The second-order valence-corrected chi connectivity index (χ2v) is 10.5. The third kappa shape index (κ3) is 3.47.